The highest BCUT2D eigenvalue weighted by atomic mass is 32.2. The molecule has 6 heteroatoms. The maximum atomic E-state index is 5.49. The Bertz CT molecular complexity index is 477. The molecule has 5 nitrogen and oxygen atoms in total. The van der Waals surface area contributed by atoms with E-state index < -0.39 is 0 Å². The summed E-state index contributed by atoms with van der Waals surface area (Å²) >= 11 is 2.02. The standard InChI is InChI=1S/C15H24N4OS/c1-2-20-9-14-18-13-4-7-16-6-3-12(13)15(19-14)17-11-5-8-21-10-11/h11,16H,2-10H2,1H3,(H,17,18,19)/t11-/m1/s1. The lowest BCUT2D eigenvalue weighted by Crippen LogP contribution is -2.22. The third-order valence-electron chi connectivity index (χ3n) is 3.94. The predicted molar refractivity (Wildman–Crippen MR) is 87.0 cm³/mol. The van der Waals surface area contributed by atoms with E-state index >= 15 is 0 Å². The van der Waals surface area contributed by atoms with Crippen molar-refractivity contribution < 1.29 is 4.74 Å². The Hall–Kier alpha value is -0.850. The molecule has 2 aliphatic rings. The fraction of sp³-hybridized carbons (Fsp3) is 0.733. The topological polar surface area (TPSA) is 59.1 Å². The summed E-state index contributed by atoms with van der Waals surface area (Å²) in [5, 5.41) is 7.11. The van der Waals surface area contributed by atoms with Crippen molar-refractivity contribution in [1.82, 2.24) is 15.3 Å². The quantitative estimate of drug-likeness (QED) is 0.862. The van der Waals surface area contributed by atoms with Gasteiger partial charge in [-0.15, -0.1) is 0 Å². The largest absolute Gasteiger partial charge is 0.374 e. The van der Waals surface area contributed by atoms with Gasteiger partial charge in [0.2, 0.25) is 0 Å². The number of nitrogens with zero attached hydrogens (tertiary/aromatic N) is 2. The van der Waals surface area contributed by atoms with Gasteiger partial charge in [0, 0.05) is 36.9 Å². The van der Waals surface area contributed by atoms with Crippen LogP contribution >= 0.6 is 11.8 Å². The van der Waals surface area contributed by atoms with E-state index in [0.717, 1.165) is 37.6 Å². The van der Waals surface area contributed by atoms with Gasteiger partial charge in [0.15, 0.2) is 5.82 Å². The van der Waals surface area contributed by atoms with E-state index in [-0.39, 0.29) is 0 Å². The number of anilines is 1. The molecule has 21 heavy (non-hydrogen) atoms. The molecule has 0 amide bonds. The highest BCUT2D eigenvalue weighted by Crippen LogP contribution is 2.25. The Kier molecular flexibility index (Phi) is 5.32. The number of hydrogen-bond donors (Lipinski definition) is 2. The maximum absolute atomic E-state index is 5.49. The Morgan fingerprint density at radius 1 is 1.33 bits per heavy atom. The lowest BCUT2D eigenvalue weighted by molar-refractivity contribution is 0.128. The van der Waals surface area contributed by atoms with Crippen LogP contribution < -0.4 is 10.6 Å². The molecule has 0 saturated carbocycles. The first-order valence-corrected chi connectivity index (χ1v) is 9.03. The monoisotopic (exact) mass is 308 g/mol. The Balaban J connectivity index is 1.86. The van der Waals surface area contributed by atoms with Crippen molar-refractivity contribution in [3.8, 4) is 0 Å². The summed E-state index contributed by atoms with van der Waals surface area (Å²) in [7, 11) is 0. The second-order valence-electron chi connectivity index (χ2n) is 5.51. The van der Waals surface area contributed by atoms with Gasteiger partial charge in [-0.3, -0.25) is 0 Å². The van der Waals surface area contributed by atoms with Crippen LogP contribution in [-0.4, -0.2) is 47.2 Å². The van der Waals surface area contributed by atoms with Crippen LogP contribution in [0, 0.1) is 0 Å². The predicted octanol–water partition coefficient (Wildman–Crippen LogP) is 1.62. The van der Waals surface area contributed by atoms with Crippen LogP contribution in [0.3, 0.4) is 0 Å². The van der Waals surface area contributed by atoms with Crippen molar-refractivity contribution in [2.45, 2.75) is 38.8 Å². The molecule has 1 saturated heterocycles. The summed E-state index contributed by atoms with van der Waals surface area (Å²) < 4.78 is 5.49. The first kappa shape index (κ1) is 15.1. The van der Waals surface area contributed by atoms with Crippen LogP contribution in [-0.2, 0) is 24.2 Å². The van der Waals surface area contributed by atoms with Crippen molar-refractivity contribution in [1.29, 1.82) is 0 Å². The second-order valence-corrected chi connectivity index (χ2v) is 6.66. The minimum atomic E-state index is 0.505. The highest BCUT2D eigenvalue weighted by Gasteiger charge is 2.21. The van der Waals surface area contributed by atoms with Gasteiger partial charge in [0.1, 0.15) is 12.4 Å². The first-order valence-electron chi connectivity index (χ1n) is 7.88. The normalized spacial score (nSPS) is 21.9. The van der Waals surface area contributed by atoms with Crippen LogP contribution in [0.25, 0.3) is 0 Å². The van der Waals surface area contributed by atoms with Gasteiger partial charge >= 0.3 is 0 Å². The van der Waals surface area contributed by atoms with E-state index in [2.05, 4.69) is 10.6 Å². The van der Waals surface area contributed by atoms with E-state index in [4.69, 9.17) is 14.7 Å². The van der Waals surface area contributed by atoms with Gasteiger partial charge in [-0.05, 0) is 32.1 Å². The molecule has 1 fully saturated rings. The second kappa shape index (κ2) is 7.42. The number of ether oxygens (including phenoxy) is 1. The molecule has 0 aromatic carbocycles. The van der Waals surface area contributed by atoms with Gasteiger partial charge < -0.3 is 15.4 Å². The Morgan fingerprint density at radius 2 is 2.24 bits per heavy atom. The molecule has 1 atom stereocenters. The highest BCUT2D eigenvalue weighted by molar-refractivity contribution is 7.99. The summed E-state index contributed by atoms with van der Waals surface area (Å²) in [6.45, 7) is 5.21. The number of thioether (sulfide) groups is 1. The molecular weight excluding hydrogens is 284 g/mol. The molecule has 2 aliphatic heterocycles. The number of fused-ring (bicyclic) bond motifs is 1. The molecule has 1 aromatic rings. The Labute approximate surface area is 130 Å². The number of aromatic nitrogens is 2. The fourth-order valence-corrected chi connectivity index (χ4v) is 3.97. The van der Waals surface area contributed by atoms with Crippen LogP contribution in [0.4, 0.5) is 5.82 Å². The van der Waals surface area contributed by atoms with Crippen LogP contribution in [0.1, 0.15) is 30.4 Å². The number of rotatable bonds is 5. The molecule has 0 radical (unpaired) electrons. The molecule has 2 N–H and O–H groups in total. The summed E-state index contributed by atoms with van der Waals surface area (Å²) in [5.41, 5.74) is 2.50. The van der Waals surface area contributed by atoms with E-state index in [9.17, 15) is 0 Å². The molecule has 3 heterocycles. The SMILES string of the molecule is CCOCc1nc2c(c(N[C@@H]3CCSC3)n1)CCNCC2. The van der Waals surface area contributed by atoms with Crippen LogP contribution in [0.5, 0.6) is 0 Å². The van der Waals surface area contributed by atoms with E-state index in [1.807, 2.05) is 18.7 Å². The summed E-state index contributed by atoms with van der Waals surface area (Å²) in [5.74, 6) is 4.28. The maximum Gasteiger partial charge on any atom is 0.156 e. The lowest BCUT2D eigenvalue weighted by Gasteiger charge is -2.18. The van der Waals surface area contributed by atoms with Crippen molar-refractivity contribution in [3.63, 3.8) is 0 Å². The van der Waals surface area contributed by atoms with Crippen molar-refractivity contribution >= 4 is 17.6 Å². The van der Waals surface area contributed by atoms with Crippen LogP contribution in [0.15, 0.2) is 0 Å². The van der Waals surface area contributed by atoms with Crippen molar-refractivity contribution in [3.05, 3.63) is 17.1 Å². The van der Waals surface area contributed by atoms with Gasteiger partial charge in [0.25, 0.3) is 0 Å². The van der Waals surface area contributed by atoms with Gasteiger partial charge in [-0.1, -0.05) is 0 Å². The molecule has 0 bridgehead atoms. The van der Waals surface area contributed by atoms with Crippen LogP contribution in [0.2, 0.25) is 0 Å². The summed E-state index contributed by atoms with van der Waals surface area (Å²) in [6, 6.07) is 0.546. The van der Waals surface area contributed by atoms with Gasteiger partial charge in [0.05, 0.1) is 5.69 Å². The van der Waals surface area contributed by atoms with Crippen molar-refractivity contribution in [2.24, 2.45) is 0 Å². The molecular formula is C15H24N4OS. The lowest BCUT2D eigenvalue weighted by atomic mass is 10.1. The molecule has 116 valence electrons. The van der Waals surface area contributed by atoms with Crippen molar-refractivity contribution in [2.75, 3.05) is 36.5 Å². The average Bonchev–Trinajstić information content (AvgIpc) is 2.88. The van der Waals surface area contributed by atoms with E-state index in [1.165, 1.54) is 29.2 Å². The third kappa shape index (κ3) is 3.87. The van der Waals surface area contributed by atoms with Gasteiger partial charge in [-0.2, -0.15) is 11.8 Å². The van der Waals surface area contributed by atoms with E-state index in [0.29, 0.717) is 19.3 Å². The molecule has 1 aromatic heterocycles. The zero-order chi connectivity index (χ0) is 14.5. The van der Waals surface area contributed by atoms with E-state index in [1.54, 1.807) is 0 Å². The number of hydrogen-bond acceptors (Lipinski definition) is 6. The summed E-state index contributed by atoms with van der Waals surface area (Å²) in [6.07, 6.45) is 3.21. The molecule has 0 aliphatic carbocycles. The molecule has 0 unspecified atom stereocenters. The third-order valence-corrected chi connectivity index (χ3v) is 5.10. The zero-order valence-corrected chi connectivity index (χ0v) is 13.5. The average molecular weight is 308 g/mol. The fourth-order valence-electron chi connectivity index (χ4n) is 2.82. The molecule has 0 spiro atoms. The minimum Gasteiger partial charge on any atom is -0.374 e. The first-order chi connectivity index (χ1) is 10.4. The number of nitrogens with one attached hydrogen (secondary N) is 2. The molecule has 3 rings (SSSR count). The smallest absolute Gasteiger partial charge is 0.156 e. The zero-order valence-electron chi connectivity index (χ0n) is 12.7. The summed E-state index contributed by atoms with van der Waals surface area (Å²) in [4.78, 5) is 9.47. The minimum absolute atomic E-state index is 0.505. The van der Waals surface area contributed by atoms with Gasteiger partial charge in [-0.25, -0.2) is 9.97 Å². The Morgan fingerprint density at radius 3 is 3.05 bits per heavy atom.